The molecule has 21 heavy (non-hydrogen) atoms. The topological polar surface area (TPSA) is 84.7 Å². The van der Waals surface area contributed by atoms with Crippen LogP contribution in [0.3, 0.4) is 0 Å². The molecule has 2 aromatic heterocycles. The Kier molecular flexibility index (Phi) is 5.51. The zero-order chi connectivity index (χ0) is 15.1. The van der Waals surface area contributed by atoms with Crippen LogP contribution in [0.25, 0.3) is 0 Å². The molecule has 2 heterocycles. The molecular weight excluding hydrogens is 292 g/mol. The Balaban J connectivity index is 1.86. The molecule has 0 unspecified atom stereocenters. The number of rotatable bonds is 7. The SMILES string of the molecule is CCNc1ccc(Cl)c(C(=O)NCCCn2ccnn2)n1. The zero-order valence-corrected chi connectivity index (χ0v) is 12.5. The number of nitrogens with one attached hydrogen (secondary N) is 2. The summed E-state index contributed by atoms with van der Waals surface area (Å²) in [5.41, 5.74) is 0.232. The molecule has 0 aromatic carbocycles. The van der Waals surface area contributed by atoms with Gasteiger partial charge in [0.25, 0.3) is 5.91 Å². The van der Waals surface area contributed by atoms with Gasteiger partial charge in [-0.25, -0.2) is 4.98 Å². The Hall–Kier alpha value is -2.15. The zero-order valence-electron chi connectivity index (χ0n) is 11.7. The molecule has 1 amide bonds. The molecule has 0 spiro atoms. The van der Waals surface area contributed by atoms with E-state index in [4.69, 9.17) is 11.6 Å². The number of aromatic nitrogens is 4. The molecule has 8 heteroatoms. The summed E-state index contributed by atoms with van der Waals surface area (Å²) >= 11 is 6.01. The van der Waals surface area contributed by atoms with E-state index in [0.29, 0.717) is 23.9 Å². The van der Waals surface area contributed by atoms with E-state index in [-0.39, 0.29) is 11.6 Å². The Morgan fingerprint density at radius 3 is 3.00 bits per heavy atom. The predicted molar refractivity (Wildman–Crippen MR) is 80.4 cm³/mol. The molecule has 2 aromatic rings. The van der Waals surface area contributed by atoms with Gasteiger partial charge in [-0.2, -0.15) is 0 Å². The van der Waals surface area contributed by atoms with Crippen molar-refractivity contribution in [2.75, 3.05) is 18.4 Å². The first kappa shape index (κ1) is 15.2. The van der Waals surface area contributed by atoms with Crippen molar-refractivity contribution in [2.24, 2.45) is 0 Å². The van der Waals surface area contributed by atoms with Crippen molar-refractivity contribution < 1.29 is 4.79 Å². The fourth-order valence-corrected chi connectivity index (χ4v) is 1.95. The third-order valence-corrected chi connectivity index (χ3v) is 3.05. The second kappa shape index (κ2) is 7.58. The van der Waals surface area contributed by atoms with Crippen molar-refractivity contribution in [1.29, 1.82) is 0 Å². The summed E-state index contributed by atoms with van der Waals surface area (Å²) in [6.07, 6.45) is 4.15. The number of halogens is 1. The lowest BCUT2D eigenvalue weighted by molar-refractivity contribution is 0.0948. The summed E-state index contributed by atoms with van der Waals surface area (Å²) in [6.45, 7) is 3.90. The third-order valence-electron chi connectivity index (χ3n) is 2.74. The number of pyridine rings is 1. The number of anilines is 1. The van der Waals surface area contributed by atoms with Crippen LogP contribution in [0.2, 0.25) is 5.02 Å². The molecule has 0 atom stereocenters. The van der Waals surface area contributed by atoms with E-state index in [9.17, 15) is 4.79 Å². The van der Waals surface area contributed by atoms with Crippen LogP contribution < -0.4 is 10.6 Å². The Bertz CT molecular complexity index is 586. The number of nitrogens with zero attached hydrogens (tertiary/aromatic N) is 4. The van der Waals surface area contributed by atoms with Gasteiger partial charge in [-0.05, 0) is 25.5 Å². The average Bonchev–Trinajstić information content (AvgIpc) is 2.99. The first-order valence-corrected chi connectivity index (χ1v) is 7.11. The fourth-order valence-electron chi connectivity index (χ4n) is 1.76. The minimum atomic E-state index is -0.279. The lowest BCUT2D eigenvalue weighted by Gasteiger charge is -2.08. The molecule has 0 radical (unpaired) electrons. The second-order valence-corrected chi connectivity index (χ2v) is 4.74. The van der Waals surface area contributed by atoms with Gasteiger partial charge < -0.3 is 10.6 Å². The van der Waals surface area contributed by atoms with E-state index in [1.165, 1.54) is 0 Å². The largest absolute Gasteiger partial charge is 0.370 e. The van der Waals surface area contributed by atoms with Gasteiger partial charge in [0.1, 0.15) is 11.5 Å². The van der Waals surface area contributed by atoms with Crippen molar-refractivity contribution in [2.45, 2.75) is 19.9 Å². The van der Waals surface area contributed by atoms with Crippen LogP contribution >= 0.6 is 11.6 Å². The molecular formula is C13H17ClN6O. The molecule has 2 rings (SSSR count). The molecule has 0 saturated carbocycles. The summed E-state index contributed by atoms with van der Waals surface area (Å²) in [5.74, 6) is 0.355. The molecule has 2 N–H and O–H groups in total. The smallest absolute Gasteiger partial charge is 0.271 e. The van der Waals surface area contributed by atoms with Crippen LogP contribution in [-0.4, -0.2) is 39.0 Å². The molecule has 0 saturated heterocycles. The highest BCUT2D eigenvalue weighted by Crippen LogP contribution is 2.16. The van der Waals surface area contributed by atoms with E-state index in [1.807, 2.05) is 6.92 Å². The maximum absolute atomic E-state index is 12.1. The molecule has 0 aliphatic carbocycles. The number of amides is 1. The molecule has 0 fully saturated rings. The maximum atomic E-state index is 12.1. The average molecular weight is 309 g/mol. The second-order valence-electron chi connectivity index (χ2n) is 4.33. The maximum Gasteiger partial charge on any atom is 0.271 e. The van der Waals surface area contributed by atoms with E-state index in [0.717, 1.165) is 13.0 Å². The van der Waals surface area contributed by atoms with Gasteiger partial charge in [0.15, 0.2) is 0 Å². The van der Waals surface area contributed by atoms with Crippen molar-refractivity contribution in [1.82, 2.24) is 25.3 Å². The third kappa shape index (κ3) is 4.42. The highest BCUT2D eigenvalue weighted by atomic mass is 35.5. The standard InChI is InChI=1S/C13H17ClN6O/c1-2-15-11-5-4-10(14)12(18-11)13(21)16-6-3-8-20-9-7-17-19-20/h4-5,7,9H,2-3,6,8H2,1H3,(H,15,18)(H,16,21). The van der Waals surface area contributed by atoms with Crippen LogP contribution in [-0.2, 0) is 6.54 Å². The highest BCUT2D eigenvalue weighted by Gasteiger charge is 2.12. The van der Waals surface area contributed by atoms with E-state index < -0.39 is 0 Å². The van der Waals surface area contributed by atoms with Gasteiger partial charge in [0.05, 0.1) is 11.2 Å². The lowest BCUT2D eigenvalue weighted by atomic mass is 10.3. The van der Waals surface area contributed by atoms with Gasteiger partial charge in [-0.1, -0.05) is 16.8 Å². The van der Waals surface area contributed by atoms with Crippen molar-refractivity contribution in [3.8, 4) is 0 Å². The normalized spacial score (nSPS) is 10.4. The number of carbonyl (C=O) groups excluding carboxylic acids is 1. The first-order chi connectivity index (χ1) is 10.2. The van der Waals surface area contributed by atoms with Gasteiger partial charge in [-0.15, -0.1) is 5.10 Å². The monoisotopic (exact) mass is 308 g/mol. The predicted octanol–water partition coefficient (Wildman–Crippen LogP) is 1.58. The molecule has 0 bridgehead atoms. The van der Waals surface area contributed by atoms with Crippen LogP contribution in [0.4, 0.5) is 5.82 Å². The molecule has 0 aliphatic rings. The number of hydrogen-bond donors (Lipinski definition) is 2. The molecule has 7 nitrogen and oxygen atoms in total. The quantitative estimate of drug-likeness (QED) is 0.759. The summed E-state index contributed by atoms with van der Waals surface area (Å²) in [6, 6.07) is 3.41. The van der Waals surface area contributed by atoms with Crippen LogP contribution in [0.5, 0.6) is 0 Å². The minimum absolute atomic E-state index is 0.232. The summed E-state index contributed by atoms with van der Waals surface area (Å²) < 4.78 is 1.71. The lowest BCUT2D eigenvalue weighted by Crippen LogP contribution is -2.26. The Labute approximate surface area is 127 Å². The number of carbonyl (C=O) groups is 1. The van der Waals surface area contributed by atoms with Crippen molar-refractivity contribution >= 4 is 23.3 Å². The minimum Gasteiger partial charge on any atom is -0.370 e. The molecule has 0 aliphatic heterocycles. The van der Waals surface area contributed by atoms with Crippen LogP contribution in [0, 0.1) is 0 Å². The Morgan fingerprint density at radius 1 is 1.43 bits per heavy atom. The summed E-state index contributed by atoms with van der Waals surface area (Å²) in [4.78, 5) is 16.3. The summed E-state index contributed by atoms with van der Waals surface area (Å²) in [7, 11) is 0. The highest BCUT2D eigenvalue weighted by molar-refractivity contribution is 6.33. The van der Waals surface area contributed by atoms with E-state index >= 15 is 0 Å². The Morgan fingerprint density at radius 2 is 2.29 bits per heavy atom. The van der Waals surface area contributed by atoms with Crippen molar-refractivity contribution in [3.05, 3.63) is 35.2 Å². The first-order valence-electron chi connectivity index (χ1n) is 6.73. The van der Waals surface area contributed by atoms with Crippen molar-refractivity contribution in [3.63, 3.8) is 0 Å². The van der Waals surface area contributed by atoms with Gasteiger partial charge in [0, 0.05) is 25.8 Å². The fraction of sp³-hybridized carbons (Fsp3) is 0.385. The summed E-state index contributed by atoms with van der Waals surface area (Å²) in [5, 5.41) is 13.7. The van der Waals surface area contributed by atoms with E-state index in [2.05, 4.69) is 25.9 Å². The van der Waals surface area contributed by atoms with E-state index in [1.54, 1.807) is 29.2 Å². The van der Waals surface area contributed by atoms with Crippen LogP contribution in [0.15, 0.2) is 24.5 Å². The number of aryl methyl sites for hydroxylation is 1. The molecule has 112 valence electrons. The number of hydrogen-bond acceptors (Lipinski definition) is 5. The van der Waals surface area contributed by atoms with Crippen LogP contribution in [0.1, 0.15) is 23.8 Å². The van der Waals surface area contributed by atoms with Gasteiger partial charge in [-0.3, -0.25) is 9.48 Å². The van der Waals surface area contributed by atoms with Gasteiger partial charge >= 0.3 is 0 Å². The van der Waals surface area contributed by atoms with Gasteiger partial charge in [0.2, 0.25) is 0 Å².